The van der Waals surface area contributed by atoms with Crippen molar-refractivity contribution < 1.29 is 14.1 Å². The molecule has 130 valence electrons. The minimum absolute atomic E-state index is 0.0211. The van der Waals surface area contributed by atoms with Gasteiger partial charge in [-0.1, -0.05) is 24.3 Å². The maximum Gasteiger partial charge on any atom is 0.292 e. The van der Waals surface area contributed by atoms with Gasteiger partial charge in [0.1, 0.15) is 11.5 Å². The monoisotopic (exact) mass is 343 g/mol. The van der Waals surface area contributed by atoms with Crippen molar-refractivity contribution in [2.24, 2.45) is 0 Å². The second-order valence-electron chi connectivity index (χ2n) is 6.01. The highest BCUT2D eigenvalue weighted by atomic mass is 19.1. The van der Waals surface area contributed by atoms with Gasteiger partial charge < -0.3 is 5.32 Å². The lowest BCUT2D eigenvalue weighted by molar-refractivity contribution is -0.383. The molecule has 1 atom stereocenters. The van der Waals surface area contributed by atoms with Gasteiger partial charge in [-0.25, -0.2) is 4.39 Å². The number of carbonyl (C=O) groups excluding carboxylic acids is 1. The first-order valence-corrected chi connectivity index (χ1v) is 8.07. The minimum atomic E-state index is -0.527. The molecule has 1 saturated heterocycles. The summed E-state index contributed by atoms with van der Waals surface area (Å²) in [6, 6.07) is 12.4. The van der Waals surface area contributed by atoms with Crippen molar-refractivity contribution in [1.29, 1.82) is 0 Å². The van der Waals surface area contributed by atoms with E-state index in [1.54, 1.807) is 18.2 Å². The molecule has 0 spiro atoms. The van der Waals surface area contributed by atoms with Gasteiger partial charge in [-0.3, -0.25) is 19.8 Å². The van der Waals surface area contributed by atoms with E-state index in [2.05, 4.69) is 5.32 Å². The summed E-state index contributed by atoms with van der Waals surface area (Å²) in [7, 11) is 0. The number of nitrogens with zero attached hydrogens (tertiary/aromatic N) is 2. The predicted octanol–water partition coefficient (Wildman–Crippen LogP) is 3.51. The predicted molar refractivity (Wildman–Crippen MR) is 91.7 cm³/mol. The van der Waals surface area contributed by atoms with Gasteiger partial charge in [0, 0.05) is 12.1 Å². The standard InChI is InChI=1S/C18H18FN3O3/c19-14-6-3-5-13(11-14)16-9-4-10-21(16)12-18(23)20-15-7-1-2-8-17(15)22(24)25/h1-3,5-8,11,16H,4,9-10,12H2,(H,20,23)/t16-/m0/s1. The van der Waals surface area contributed by atoms with Crippen molar-refractivity contribution in [3.63, 3.8) is 0 Å². The van der Waals surface area contributed by atoms with E-state index in [1.165, 1.54) is 24.3 Å². The summed E-state index contributed by atoms with van der Waals surface area (Å²) in [5.74, 6) is -0.619. The van der Waals surface area contributed by atoms with Crippen molar-refractivity contribution in [3.8, 4) is 0 Å². The molecule has 6 nitrogen and oxygen atoms in total. The molecule has 1 aliphatic rings. The zero-order valence-electron chi connectivity index (χ0n) is 13.5. The smallest absolute Gasteiger partial charge is 0.292 e. The number of carbonyl (C=O) groups is 1. The van der Waals surface area contributed by atoms with Gasteiger partial charge in [-0.15, -0.1) is 0 Å². The molecule has 0 bridgehead atoms. The summed E-state index contributed by atoms with van der Waals surface area (Å²) in [6.07, 6.45) is 1.77. The summed E-state index contributed by atoms with van der Waals surface area (Å²) >= 11 is 0. The number of hydrogen-bond acceptors (Lipinski definition) is 4. The molecule has 2 aromatic carbocycles. The van der Waals surface area contributed by atoms with Crippen LogP contribution in [0.15, 0.2) is 48.5 Å². The van der Waals surface area contributed by atoms with Crippen molar-refractivity contribution >= 4 is 17.3 Å². The number of hydrogen-bond donors (Lipinski definition) is 1. The Balaban J connectivity index is 1.69. The number of halogens is 1. The second-order valence-corrected chi connectivity index (χ2v) is 6.01. The number of nitro benzene ring substituents is 1. The molecule has 0 aromatic heterocycles. The molecule has 0 unspecified atom stereocenters. The van der Waals surface area contributed by atoms with Crippen LogP contribution in [0.25, 0.3) is 0 Å². The molecule has 1 amide bonds. The second kappa shape index (κ2) is 7.40. The Kier molecular flexibility index (Phi) is 5.04. The van der Waals surface area contributed by atoms with Crippen molar-refractivity contribution in [2.45, 2.75) is 18.9 Å². The summed E-state index contributed by atoms with van der Waals surface area (Å²) in [5.41, 5.74) is 0.883. The molecule has 1 N–H and O–H groups in total. The van der Waals surface area contributed by atoms with Crippen LogP contribution in [0.2, 0.25) is 0 Å². The van der Waals surface area contributed by atoms with E-state index in [0.717, 1.165) is 24.9 Å². The van der Waals surface area contributed by atoms with Gasteiger partial charge in [0.05, 0.1) is 11.5 Å². The van der Waals surface area contributed by atoms with Crippen LogP contribution < -0.4 is 5.32 Å². The van der Waals surface area contributed by atoms with Gasteiger partial charge in [0.25, 0.3) is 5.69 Å². The first-order valence-electron chi connectivity index (χ1n) is 8.07. The third-order valence-corrected chi connectivity index (χ3v) is 4.32. The lowest BCUT2D eigenvalue weighted by Crippen LogP contribution is -2.33. The quantitative estimate of drug-likeness (QED) is 0.666. The van der Waals surface area contributed by atoms with Crippen molar-refractivity contribution in [3.05, 3.63) is 70.0 Å². The van der Waals surface area contributed by atoms with Gasteiger partial charge >= 0.3 is 0 Å². The fraction of sp³-hybridized carbons (Fsp3) is 0.278. The van der Waals surface area contributed by atoms with Crippen LogP contribution in [0.3, 0.4) is 0 Å². The van der Waals surface area contributed by atoms with Crippen LogP contribution >= 0.6 is 0 Å². The number of nitrogens with one attached hydrogen (secondary N) is 1. The first kappa shape index (κ1) is 17.0. The Morgan fingerprint density at radius 2 is 2.08 bits per heavy atom. The number of rotatable bonds is 5. The Hall–Kier alpha value is -2.80. The topological polar surface area (TPSA) is 75.5 Å². The van der Waals surface area contributed by atoms with Crippen molar-refractivity contribution in [1.82, 2.24) is 4.90 Å². The van der Waals surface area contributed by atoms with E-state index < -0.39 is 4.92 Å². The summed E-state index contributed by atoms with van der Waals surface area (Å²) in [5, 5.41) is 13.6. The van der Waals surface area contributed by atoms with Crippen LogP contribution in [0, 0.1) is 15.9 Å². The van der Waals surface area contributed by atoms with E-state index in [1.807, 2.05) is 11.0 Å². The zero-order valence-corrected chi connectivity index (χ0v) is 13.5. The third kappa shape index (κ3) is 4.00. The van der Waals surface area contributed by atoms with Crippen LogP contribution in [0.4, 0.5) is 15.8 Å². The van der Waals surface area contributed by atoms with E-state index >= 15 is 0 Å². The maximum atomic E-state index is 13.5. The van der Waals surface area contributed by atoms with Gasteiger partial charge in [-0.2, -0.15) is 0 Å². The molecule has 2 aromatic rings. The highest BCUT2D eigenvalue weighted by molar-refractivity contribution is 5.94. The molecule has 25 heavy (non-hydrogen) atoms. The lowest BCUT2D eigenvalue weighted by atomic mass is 10.0. The summed E-state index contributed by atoms with van der Waals surface area (Å²) < 4.78 is 13.5. The van der Waals surface area contributed by atoms with Crippen molar-refractivity contribution in [2.75, 3.05) is 18.4 Å². The summed E-state index contributed by atoms with van der Waals surface area (Å²) in [4.78, 5) is 24.8. The highest BCUT2D eigenvalue weighted by Gasteiger charge is 2.28. The number of anilines is 1. The zero-order chi connectivity index (χ0) is 17.8. The Morgan fingerprint density at radius 1 is 1.28 bits per heavy atom. The molecule has 1 heterocycles. The Bertz CT molecular complexity index is 797. The van der Waals surface area contributed by atoms with Crippen LogP contribution in [0.1, 0.15) is 24.4 Å². The first-order chi connectivity index (χ1) is 12.0. The number of nitro groups is 1. The average molecular weight is 343 g/mol. The average Bonchev–Trinajstić information content (AvgIpc) is 3.03. The van der Waals surface area contributed by atoms with E-state index in [9.17, 15) is 19.3 Å². The molecule has 1 fully saturated rings. The molecule has 0 radical (unpaired) electrons. The van der Waals surface area contributed by atoms with Gasteiger partial charge in [0.2, 0.25) is 5.91 Å². The molecule has 7 heteroatoms. The van der Waals surface area contributed by atoms with Gasteiger partial charge in [0.15, 0.2) is 0 Å². The van der Waals surface area contributed by atoms with Gasteiger partial charge in [-0.05, 0) is 43.1 Å². The van der Waals surface area contributed by atoms with Crippen LogP contribution in [-0.2, 0) is 4.79 Å². The fourth-order valence-corrected chi connectivity index (χ4v) is 3.22. The number of likely N-dealkylation sites (tertiary alicyclic amines) is 1. The van der Waals surface area contributed by atoms with E-state index in [-0.39, 0.29) is 35.7 Å². The normalized spacial score (nSPS) is 17.4. The third-order valence-electron chi connectivity index (χ3n) is 4.32. The van der Waals surface area contributed by atoms with E-state index in [0.29, 0.717) is 0 Å². The molecular weight excluding hydrogens is 325 g/mol. The highest BCUT2D eigenvalue weighted by Crippen LogP contribution is 2.32. The number of benzene rings is 2. The largest absolute Gasteiger partial charge is 0.319 e. The number of para-hydroxylation sites is 2. The van der Waals surface area contributed by atoms with Crippen LogP contribution in [0.5, 0.6) is 0 Å². The molecule has 0 saturated carbocycles. The Labute approximate surface area is 144 Å². The lowest BCUT2D eigenvalue weighted by Gasteiger charge is -2.24. The molecule has 1 aliphatic heterocycles. The van der Waals surface area contributed by atoms with Crippen LogP contribution in [-0.4, -0.2) is 28.8 Å². The summed E-state index contributed by atoms with van der Waals surface area (Å²) in [6.45, 7) is 0.832. The SMILES string of the molecule is O=C(CN1CCC[C@H]1c1cccc(F)c1)Nc1ccccc1[N+](=O)[O-]. The maximum absolute atomic E-state index is 13.5. The van der Waals surface area contributed by atoms with E-state index in [4.69, 9.17) is 0 Å². The fourth-order valence-electron chi connectivity index (χ4n) is 3.22. The Morgan fingerprint density at radius 3 is 2.84 bits per heavy atom. The molecular formula is C18H18FN3O3. The number of amides is 1. The molecule has 0 aliphatic carbocycles. The molecule has 3 rings (SSSR count). The minimum Gasteiger partial charge on any atom is -0.319 e.